The van der Waals surface area contributed by atoms with Crippen molar-refractivity contribution in [3.05, 3.63) is 42.0 Å². The van der Waals surface area contributed by atoms with Gasteiger partial charge in [0.25, 0.3) is 17.7 Å². The van der Waals surface area contributed by atoms with Crippen molar-refractivity contribution in [2.24, 2.45) is 0 Å². The smallest absolute Gasteiger partial charge is 0.267 e. The fourth-order valence-electron chi connectivity index (χ4n) is 2.45. The maximum Gasteiger partial charge on any atom is 0.267 e. The third kappa shape index (κ3) is 2.25. The van der Waals surface area contributed by atoms with E-state index in [9.17, 15) is 29.1 Å². The standard InChI is InChI=1S/C15H10N2O6/c18-10-7-15(23,14(22)16-10)13(21)8-2-1-3-9(6-8)17-11(19)4-5-12(17)20/h1-6,23H,7H2,(H,16,18,22). The second-order valence-electron chi connectivity index (χ2n) is 5.14. The van der Waals surface area contributed by atoms with Crippen molar-refractivity contribution in [3.8, 4) is 0 Å². The van der Waals surface area contributed by atoms with E-state index < -0.39 is 41.4 Å². The minimum atomic E-state index is -2.48. The second kappa shape index (κ2) is 4.96. The lowest BCUT2D eigenvalue weighted by molar-refractivity contribution is -0.131. The number of carbonyl (C=O) groups excluding carboxylic acids is 5. The first-order chi connectivity index (χ1) is 10.8. The van der Waals surface area contributed by atoms with Crippen LogP contribution in [0.25, 0.3) is 0 Å². The van der Waals surface area contributed by atoms with E-state index >= 15 is 0 Å². The number of imide groups is 2. The van der Waals surface area contributed by atoms with Gasteiger partial charge in [0.2, 0.25) is 17.3 Å². The average Bonchev–Trinajstić information content (AvgIpc) is 2.98. The number of hydrogen-bond acceptors (Lipinski definition) is 6. The summed E-state index contributed by atoms with van der Waals surface area (Å²) in [6.45, 7) is 0. The van der Waals surface area contributed by atoms with Gasteiger partial charge in [-0.05, 0) is 12.1 Å². The maximum atomic E-state index is 12.4. The van der Waals surface area contributed by atoms with Gasteiger partial charge in [0.15, 0.2) is 0 Å². The Morgan fingerprint density at radius 1 is 1.13 bits per heavy atom. The highest BCUT2D eigenvalue weighted by atomic mass is 16.3. The fourth-order valence-corrected chi connectivity index (χ4v) is 2.45. The van der Waals surface area contributed by atoms with Gasteiger partial charge in [-0.3, -0.25) is 29.3 Å². The summed E-state index contributed by atoms with van der Waals surface area (Å²) < 4.78 is 0. The van der Waals surface area contributed by atoms with Gasteiger partial charge < -0.3 is 5.11 Å². The topological polar surface area (TPSA) is 121 Å². The zero-order chi connectivity index (χ0) is 16.8. The molecule has 0 aromatic heterocycles. The summed E-state index contributed by atoms with van der Waals surface area (Å²) in [7, 11) is 0. The maximum absolute atomic E-state index is 12.4. The van der Waals surface area contributed by atoms with Crippen molar-refractivity contribution >= 4 is 35.1 Å². The van der Waals surface area contributed by atoms with Gasteiger partial charge in [0.1, 0.15) is 0 Å². The van der Waals surface area contributed by atoms with Crippen LogP contribution in [0.1, 0.15) is 16.8 Å². The number of carbonyl (C=O) groups is 5. The van der Waals surface area contributed by atoms with Gasteiger partial charge in [0.05, 0.1) is 12.1 Å². The van der Waals surface area contributed by atoms with Gasteiger partial charge in [-0.15, -0.1) is 0 Å². The molecule has 1 atom stereocenters. The molecule has 1 aromatic rings. The first-order valence-corrected chi connectivity index (χ1v) is 6.60. The Kier molecular flexibility index (Phi) is 3.19. The van der Waals surface area contributed by atoms with Crippen molar-refractivity contribution in [1.29, 1.82) is 0 Å². The van der Waals surface area contributed by atoms with E-state index in [0.29, 0.717) is 0 Å². The molecule has 116 valence electrons. The van der Waals surface area contributed by atoms with Crippen molar-refractivity contribution in [3.63, 3.8) is 0 Å². The number of hydrogen-bond donors (Lipinski definition) is 2. The first-order valence-electron chi connectivity index (χ1n) is 6.60. The number of amides is 4. The van der Waals surface area contributed by atoms with Crippen LogP contribution in [0, 0.1) is 0 Å². The highest BCUT2D eigenvalue weighted by molar-refractivity contribution is 6.29. The summed E-state index contributed by atoms with van der Waals surface area (Å²) in [5.41, 5.74) is -2.45. The van der Waals surface area contributed by atoms with Gasteiger partial charge in [-0.25, -0.2) is 4.90 Å². The monoisotopic (exact) mass is 314 g/mol. The van der Waals surface area contributed by atoms with Crippen LogP contribution in [-0.4, -0.2) is 40.1 Å². The second-order valence-corrected chi connectivity index (χ2v) is 5.14. The third-order valence-electron chi connectivity index (χ3n) is 3.60. The zero-order valence-electron chi connectivity index (χ0n) is 11.6. The summed E-state index contributed by atoms with van der Waals surface area (Å²) >= 11 is 0. The SMILES string of the molecule is O=C1CC(O)(C(=O)c2cccc(N3C(=O)C=CC3=O)c2)C(=O)N1. The van der Waals surface area contributed by atoms with Crippen LogP contribution >= 0.6 is 0 Å². The van der Waals surface area contributed by atoms with Crippen LogP contribution in [0.3, 0.4) is 0 Å². The minimum Gasteiger partial charge on any atom is -0.372 e. The zero-order valence-corrected chi connectivity index (χ0v) is 11.6. The molecule has 1 unspecified atom stereocenters. The van der Waals surface area contributed by atoms with Crippen molar-refractivity contribution < 1.29 is 29.1 Å². The molecule has 2 heterocycles. The number of anilines is 1. The molecule has 0 aliphatic carbocycles. The van der Waals surface area contributed by atoms with E-state index in [0.717, 1.165) is 17.1 Å². The Hall–Kier alpha value is -3.13. The van der Waals surface area contributed by atoms with E-state index in [1.54, 1.807) is 0 Å². The molecule has 0 radical (unpaired) electrons. The highest BCUT2D eigenvalue weighted by Gasteiger charge is 2.51. The van der Waals surface area contributed by atoms with Crippen LogP contribution in [0.5, 0.6) is 0 Å². The number of benzene rings is 1. The Morgan fingerprint density at radius 2 is 1.78 bits per heavy atom. The molecule has 2 aliphatic heterocycles. The summed E-state index contributed by atoms with van der Waals surface area (Å²) in [5, 5.41) is 12.0. The fraction of sp³-hybridized carbons (Fsp3) is 0.133. The van der Waals surface area contributed by atoms with Crippen molar-refractivity contribution in [2.45, 2.75) is 12.0 Å². The summed E-state index contributed by atoms with van der Waals surface area (Å²) in [6, 6.07) is 5.36. The highest BCUT2D eigenvalue weighted by Crippen LogP contribution is 2.26. The van der Waals surface area contributed by atoms with Crippen LogP contribution in [-0.2, 0) is 19.2 Å². The molecule has 1 saturated heterocycles. The lowest BCUT2D eigenvalue weighted by Gasteiger charge is -2.18. The molecule has 0 saturated carbocycles. The first kappa shape index (κ1) is 14.8. The predicted octanol–water partition coefficient (Wildman–Crippen LogP) is -0.924. The quantitative estimate of drug-likeness (QED) is 0.423. The number of rotatable bonds is 3. The van der Waals surface area contributed by atoms with Gasteiger partial charge >= 0.3 is 0 Å². The predicted molar refractivity (Wildman–Crippen MR) is 75.1 cm³/mol. The Balaban J connectivity index is 1.96. The number of ketones is 1. The molecular weight excluding hydrogens is 304 g/mol. The lowest BCUT2D eigenvalue weighted by Crippen LogP contribution is -2.45. The number of Topliss-reactive ketones (excluding diaryl/α,β-unsaturated/α-hetero) is 1. The number of nitrogens with zero attached hydrogens (tertiary/aromatic N) is 1. The molecule has 0 spiro atoms. The van der Waals surface area contributed by atoms with Crippen LogP contribution in [0.15, 0.2) is 36.4 Å². The molecule has 8 nitrogen and oxygen atoms in total. The van der Waals surface area contributed by atoms with E-state index in [1.165, 1.54) is 24.3 Å². The molecule has 3 rings (SSSR count). The minimum absolute atomic E-state index is 0.0950. The Labute approximate surface area is 129 Å². The lowest BCUT2D eigenvalue weighted by atomic mass is 9.91. The van der Waals surface area contributed by atoms with Crippen molar-refractivity contribution in [2.75, 3.05) is 4.90 Å². The van der Waals surface area contributed by atoms with E-state index in [4.69, 9.17) is 0 Å². The van der Waals surface area contributed by atoms with E-state index in [1.807, 2.05) is 5.32 Å². The molecule has 0 bridgehead atoms. The molecule has 1 fully saturated rings. The number of aliphatic hydroxyl groups is 1. The summed E-state index contributed by atoms with van der Waals surface area (Å²) in [6.07, 6.45) is 1.51. The Bertz CT molecular complexity index is 794. The molecule has 1 aromatic carbocycles. The summed E-state index contributed by atoms with van der Waals surface area (Å²) in [5.74, 6) is -3.95. The van der Waals surface area contributed by atoms with Crippen LogP contribution < -0.4 is 10.2 Å². The Morgan fingerprint density at radius 3 is 2.35 bits per heavy atom. The van der Waals surface area contributed by atoms with Gasteiger partial charge in [0, 0.05) is 17.7 Å². The third-order valence-corrected chi connectivity index (χ3v) is 3.60. The average molecular weight is 314 g/mol. The normalized spacial score (nSPS) is 23.6. The molecule has 4 amide bonds. The number of nitrogens with one attached hydrogen (secondary N) is 1. The molecular formula is C15H10N2O6. The molecule has 23 heavy (non-hydrogen) atoms. The largest absolute Gasteiger partial charge is 0.372 e. The summed E-state index contributed by atoms with van der Waals surface area (Å²) in [4.78, 5) is 59.4. The van der Waals surface area contributed by atoms with Crippen molar-refractivity contribution in [1.82, 2.24) is 5.32 Å². The van der Waals surface area contributed by atoms with Crippen LogP contribution in [0.4, 0.5) is 5.69 Å². The van der Waals surface area contributed by atoms with Gasteiger partial charge in [-0.2, -0.15) is 0 Å². The molecule has 2 aliphatic rings. The van der Waals surface area contributed by atoms with Gasteiger partial charge in [-0.1, -0.05) is 12.1 Å². The molecule has 8 heteroatoms. The van der Waals surface area contributed by atoms with E-state index in [-0.39, 0.29) is 11.3 Å². The molecule has 2 N–H and O–H groups in total. The van der Waals surface area contributed by atoms with Crippen LogP contribution in [0.2, 0.25) is 0 Å². The van der Waals surface area contributed by atoms with E-state index in [2.05, 4.69) is 0 Å².